The van der Waals surface area contributed by atoms with Gasteiger partial charge in [-0.05, 0) is 125 Å². The number of fused-ring (bicyclic) bond motifs is 4. The van der Waals surface area contributed by atoms with Gasteiger partial charge in [0.05, 0.1) is 11.2 Å². The summed E-state index contributed by atoms with van der Waals surface area (Å²) in [6, 6.07) is 0. The summed E-state index contributed by atoms with van der Waals surface area (Å²) in [6.07, 6.45) is 18.2. The zero-order valence-electron chi connectivity index (χ0n) is 25.3. The molecule has 0 bridgehead atoms. The maximum atomic E-state index is 6.55. The van der Waals surface area contributed by atoms with Crippen molar-refractivity contribution in [1.82, 2.24) is 0 Å². The Balaban J connectivity index is 1.32. The molecule has 204 valence electrons. The molecule has 0 aromatic rings. The normalized spacial score (nSPS) is 44.1. The molecule has 2 nitrogen and oxygen atoms in total. The molecule has 8 atom stereocenters. The van der Waals surface area contributed by atoms with Gasteiger partial charge in [0.1, 0.15) is 0 Å². The molecule has 1 aliphatic heterocycles. The Hall–Kier alpha value is -0.275. The molecule has 8 unspecified atom stereocenters. The minimum Gasteiger partial charge on any atom is -0.403 e. The van der Waals surface area contributed by atoms with E-state index < -0.39 is 0 Å². The molecule has 0 radical (unpaired) electrons. The van der Waals surface area contributed by atoms with E-state index in [-0.39, 0.29) is 18.3 Å². The van der Waals surface area contributed by atoms with Gasteiger partial charge < -0.3 is 9.31 Å². The molecule has 5 rings (SSSR count). The van der Waals surface area contributed by atoms with Crippen LogP contribution in [0.3, 0.4) is 0 Å². The monoisotopic (exact) mass is 496 g/mol. The van der Waals surface area contributed by atoms with Gasteiger partial charge in [-0.15, -0.1) is 0 Å². The van der Waals surface area contributed by atoms with E-state index in [2.05, 4.69) is 68.4 Å². The van der Waals surface area contributed by atoms with Crippen LogP contribution in [-0.4, -0.2) is 18.3 Å². The van der Waals surface area contributed by atoms with Crippen LogP contribution in [0.15, 0.2) is 11.6 Å². The zero-order valence-corrected chi connectivity index (χ0v) is 25.3. The van der Waals surface area contributed by atoms with E-state index in [9.17, 15) is 0 Å². The molecular weight excluding hydrogens is 439 g/mol. The second kappa shape index (κ2) is 9.43. The second-order valence-corrected chi connectivity index (χ2v) is 16.1. The topological polar surface area (TPSA) is 18.5 Å². The first-order valence-electron chi connectivity index (χ1n) is 15.8. The third-order valence-electron chi connectivity index (χ3n) is 12.8. The fourth-order valence-electron chi connectivity index (χ4n) is 9.71. The lowest BCUT2D eigenvalue weighted by Crippen LogP contribution is -2.46. The van der Waals surface area contributed by atoms with Gasteiger partial charge in [-0.3, -0.25) is 0 Å². The molecular formula is C33H57BO2. The van der Waals surface area contributed by atoms with Crippen LogP contribution < -0.4 is 0 Å². The summed E-state index contributed by atoms with van der Waals surface area (Å²) in [5.74, 6) is 5.82. The number of hydrogen-bond acceptors (Lipinski definition) is 2. The van der Waals surface area contributed by atoms with Crippen molar-refractivity contribution in [3.05, 3.63) is 11.6 Å². The van der Waals surface area contributed by atoms with Crippen LogP contribution in [0.1, 0.15) is 133 Å². The van der Waals surface area contributed by atoms with E-state index in [0.29, 0.717) is 16.6 Å². The summed E-state index contributed by atoms with van der Waals surface area (Å²) in [5.41, 5.74) is 2.30. The molecule has 1 saturated heterocycles. The van der Waals surface area contributed by atoms with Gasteiger partial charge >= 0.3 is 7.12 Å². The van der Waals surface area contributed by atoms with Crippen molar-refractivity contribution in [3.8, 4) is 0 Å². The van der Waals surface area contributed by atoms with Gasteiger partial charge in [0.25, 0.3) is 0 Å². The smallest absolute Gasteiger partial charge is 0.403 e. The summed E-state index contributed by atoms with van der Waals surface area (Å²) < 4.78 is 13.1. The minimum atomic E-state index is -0.222. The van der Waals surface area contributed by atoms with Crippen LogP contribution in [0.4, 0.5) is 0 Å². The van der Waals surface area contributed by atoms with Crippen molar-refractivity contribution in [3.63, 3.8) is 0 Å². The molecule has 0 aromatic heterocycles. The lowest BCUT2D eigenvalue weighted by molar-refractivity contribution is -0.00777. The van der Waals surface area contributed by atoms with E-state index >= 15 is 0 Å². The fraction of sp³-hybridized carbons (Fsp3) is 0.939. The average Bonchev–Trinajstić information content (AvgIpc) is 3.24. The SMILES string of the molecule is CC(C)CCCC(C)C1CCC2C3C=C4CC(B5OC(C)(C)C(C)(C)O5)CCC4(C)CC3CCC12C. The Kier molecular flexibility index (Phi) is 7.15. The predicted molar refractivity (Wildman–Crippen MR) is 153 cm³/mol. The molecule has 4 aliphatic carbocycles. The molecule has 0 amide bonds. The highest BCUT2D eigenvalue weighted by Crippen LogP contribution is 2.66. The van der Waals surface area contributed by atoms with Crippen LogP contribution in [0.2, 0.25) is 5.82 Å². The van der Waals surface area contributed by atoms with Gasteiger partial charge in [-0.25, -0.2) is 0 Å². The summed E-state index contributed by atoms with van der Waals surface area (Å²) >= 11 is 0. The number of hydrogen-bond donors (Lipinski definition) is 0. The van der Waals surface area contributed by atoms with Crippen LogP contribution in [0.25, 0.3) is 0 Å². The molecule has 3 saturated carbocycles. The molecule has 5 aliphatic rings. The van der Waals surface area contributed by atoms with E-state index in [1.165, 1.54) is 70.6 Å². The van der Waals surface area contributed by atoms with Crippen LogP contribution >= 0.6 is 0 Å². The van der Waals surface area contributed by atoms with Gasteiger partial charge in [-0.1, -0.05) is 72.0 Å². The summed E-state index contributed by atoms with van der Waals surface area (Å²) in [7, 11) is -0.0441. The van der Waals surface area contributed by atoms with Crippen molar-refractivity contribution in [2.45, 2.75) is 150 Å². The largest absolute Gasteiger partial charge is 0.461 e. The third kappa shape index (κ3) is 4.59. The van der Waals surface area contributed by atoms with Gasteiger partial charge in [0.2, 0.25) is 0 Å². The summed E-state index contributed by atoms with van der Waals surface area (Å²) in [5, 5.41) is 0. The van der Waals surface area contributed by atoms with Crippen LogP contribution in [0, 0.1) is 46.3 Å². The minimum absolute atomic E-state index is 0.0441. The highest BCUT2D eigenvalue weighted by atomic mass is 16.7. The average molecular weight is 497 g/mol. The Bertz CT molecular complexity index is 829. The van der Waals surface area contributed by atoms with Crippen LogP contribution in [-0.2, 0) is 9.31 Å². The fourth-order valence-corrected chi connectivity index (χ4v) is 9.71. The second-order valence-electron chi connectivity index (χ2n) is 16.1. The number of rotatable bonds is 6. The van der Waals surface area contributed by atoms with Crippen molar-refractivity contribution < 1.29 is 9.31 Å². The van der Waals surface area contributed by atoms with Crippen molar-refractivity contribution in [2.24, 2.45) is 46.3 Å². The van der Waals surface area contributed by atoms with E-state index in [0.717, 1.165) is 35.5 Å². The highest BCUT2D eigenvalue weighted by molar-refractivity contribution is 6.47. The van der Waals surface area contributed by atoms with Gasteiger partial charge in [-0.2, -0.15) is 0 Å². The maximum Gasteiger partial charge on any atom is 0.461 e. The van der Waals surface area contributed by atoms with Crippen molar-refractivity contribution in [2.75, 3.05) is 0 Å². The Morgan fingerprint density at radius 2 is 1.58 bits per heavy atom. The standard InChI is InChI=1S/C33H57BO2/c1-22(2)11-10-12-23(3)28-13-14-29-27-20-25-19-26(34-35-30(4,5)31(6,7)36-34)16-17-32(25,8)21-24(27)15-18-33(28,29)9/h20,22-24,26-29H,10-19,21H2,1-9H3. The Labute approximate surface area is 224 Å². The maximum absolute atomic E-state index is 6.55. The summed E-state index contributed by atoms with van der Waals surface area (Å²) in [6.45, 7) is 21.5. The van der Waals surface area contributed by atoms with Crippen molar-refractivity contribution >= 4 is 7.12 Å². The first kappa shape index (κ1) is 27.3. The first-order chi connectivity index (χ1) is 16.8. The Morgan fingerprint density at radius 3 is 2.25 bits per heavy atom. The third-order valence-corrected chi connectivity index (χ3v) is 12.8. The van der Waals surface area contributed by atoms with Gasteiger partial charge in [0.15, 0.2) is 0 Å². The zero-order chi connectivity index (χ0) is 26.1. The lowest BCUT2D eigenvalue weighted by Gasteiger charge is -2.55. The molecule has 3 heteroatoms. The van der Waals surface area contributed by atoms with Crippen LogP contribution in [0.5, 0.6) is 0 Å². The number of allylic oxidation sites excluding steroid dienone is 2. The van der Waals surface area contributed by atoms with E-state index in [1.807, 2.05) is 0 Å². The predicted octanol–water partition coefficient (Wildman–Crippen LogP) is 9.49. The first-order valence-corrected chi connectivity index (χ1v) is 15.8. The lowest BCUT2D eigenvalue weighted by atomic mass is 9.48. The Morgan fingerprint density at radius 1 is 0.889 bits per heavy atom. The van der Waals surface area contributed by atoms with E-state index in [1.54, 1.807) is 5.57 Å². The molecule has 0 spiro atoms. The quantitative estimate of drug-likeness (QED) is 0.269. The molecule has 36 heavy (non-hydrogen) atoms. The molecule has 0 aromatic carbocycles. The summed E-state index contributed by atoms with van der Waals surface area (Å²) in [4.78, 5) is 0. The van der Waals surface area contributed by atoms with Crippen molar-refractivity contribution in [1.29, 1.82) is 0 Å². The molecule has 0 N–H and O–H groups in total. The van der Waals surface area contributed by atoms with Gasteiger partial charge in [0, 0.05) is 0 Å². The van der Waals surface area contributed by atoms with E-state index in [4.69, 9.17) is 9.31 Å². The molecule has 1 heterocycles. The molecule has 4 fully saturated rings. The highest BCUT2D eigenvalue weighted by Gasteiger charge is 2.59.